The summed E-state index contributed by atoms with van der Waals surface area (Å²) < 4.78 is 4.27. The fourth-order valence-corrected chi connectivity index (χ4v) is 3.10. The van der Waals surface area contributed by atoms with E-state index in [1.807, 2.05) is 0 Å². The van der Waals surface area contributed by atoms with Gasteiger partial charge in [-0.25, -0.2) is 0 Å². The van der Waals surface area contributed by atoms with Crippen molar-refractivity contribution >= 4 is 45.8 Å². The summed E-state index contributed by atoms with van der Waals surface area (Å²) in [5.41, 5.74) is 2.35. The van der Waals surface area contributed by atoms with E-state index in [-0.39, 0.29) is 0 Å². The first-order valence-corrected chi connectivity index (χ1v) is 7.72. The van der Waals surface area contributed by atoms with Gasteiger partial charge in [-0.15, -0.1) is 0 Å². The molecule has 1 aromatic heterocycles. The summed E-state index contributed by atoms with van der Waals surface area (Å²) in [7, 11) is 2.21. The van der Waals surface area contributed by atoms with Crippen LogP contribution in [-0.4, -0.2) is 34.1 Å². The van der Waals surface area contributed by atoms with Gasteiger partial charge in [-0.1, -0.05) is 0 Å². The van der Waals surface area contributed by atoms with Crippen LogP contribution in [0.5, 0.6) is 0 Å². The average molecular weight is 373 g/mol. The largest absolute Gasteiger partial charge is 0.331 e. The molecule has 3 nitrogen and oxygen atoms in total. The Morgan fingerprint density at radius 1 is 1.50 bits per heavy atom. The minimum absolute atomic E-state index is 0.810. The lowest BCUT2D eigenvalue weighted by molar-refractivity contribution is 0.310. The second-order valence-electron chi connectivity index (χ2n) is 4.96. The second-order valence-corrected chi connectivity index (χ2v) is 6.59. The highest BCUT2D eigenvalue weighted by Crippen LogP contribution is 2.25. The Balaban J connectivity index is 1.86. The molecule has 5 heteroatoms. The molecule has 0 aliphatic heterocycles. The first-order valence-electron chi connectivity index (χ1n) is 6.23. The molecule has 1 saturated carbocycles. The van der Waals surface area contributed by atoms with E-state index < -0.39 is 0 Å². The maximum atomic E-state index is 5.42. The summed E-state index contributed by atoms with van der Waals surface area (Å²) in [6.07, 6.45) is 2.71. The predicted molar refractivity (Wildman–Crippen MR) is 85.5 cm³/mol. The quantitative estimate of drug-likeness (QED) is 0.656. The molecule has 0 unspecified atom stereocenters. The number of nitrogens with one attached hydrogen (secondary N) is 1. The summed E-state index contributed by atoms with van der Waals surface area (Å²) in [5, 5.41) is 0. The van der Waals surface area contributed by atoms with Crippen LogP contribution in [0.15, 0.2) is 18.2 Å². The van der Waals surface area contributed by atoms with Crippen molar-refractivity contribution in [1.82, 2.24) is 14.5 Å². The fraction of sp³-hybridized carbons (Fsp3) is 0.462. The molecule has 0 atom stereocenters. The van der Waals surface area contributed by atoms with E-state index >= 15 is 0 Å². The lowest BCUT2D eigenvalue weighted by Crippen LogP contribution is -2.25. The van der Waals surface area contributed by atoms with Gasteiger partial charge in [0.2, 0.25) is 0 Å². The van der Waals surface area contributed by atoms with E-state index in [1.54, 1.807) is 0 Å². The molecule has 1 fully saturated rings. The Hall–Kier alpha value is -0.400. The van der Waals surface area contributed by atoms with Crippen LogP contribution in [0, 0.1) is 8.34 Å². The predicted octanol–water partition coefficient (Wildman–Crippen LogP) is 3.40. The van der Waals surface area contributed by atoms with Crippen LogP contribution in [0.25, 0.3) is 11.0 Å². The van der Waals surface area contributed by atoms with Gasteiger partial charge in [-0.05, 0) is 72.9 Å². The van der Waals surface area contributed by atoms with Crippen molar-refractivity contribution in [2.24, 2.45) is 0 Å². The molecule has 3 rings (SSSR count). The van der Waals surface area contributed by atoms with E-state index in [9.17, 15) is 0 Å². The molecular formula is C13H16IN3S. The molecular weight excluding hydrogens is 357 g/mol. The number of imidazole rings is 1. The van der Waals surface area contributed by atoms with Crippen LogP contribution in [-0.2, 0) is 6.54 Å². The smallest absolute Gasteiger partial charge is 0.178 e. The van der Waals surface area contributed by atoms with Crippen molar-refractivity contribution in [1.29, 1.82) is 0 Å². The molecule has 2 aromatic rings. The lowest BCUT2D eigenvalue weighted by atomic mass is 10.3. The molecule has 1 aliphatic carbocycles. The van der Waals surface area contributed by atoms with Gasteiger partial charge in [0.1, 0.15) is 0 Å². The van der Waals surface area contributed by atoms with Gasteiger partial charge in [0.15, 0.2) is 4.77 Å². The molecule has 0 radical (unpaired) electrons. The number of benzene rings is 1. The third-order valence-corrected chi connectivity index (χ3v) is 4.58. The van der Waals surface area contributed by atoms with E-state index in [0.29, 0.717) is 0 Å². The first kappa shape index (κ1) is 12.6. The fourth-order valence-electron chi connectivity index (χ4n) is 2.31. The SMILES string of the molecule is CN(CCn1c(=S)[nH]c2cc(I)ccc21)C1CC1. The molecule has 0 spiro atoms. The second kappa shape index (κ2) is 4.94. The molecule has 0 saturated heterocycles. The van der Waals surface area contributed by atoms with Crippen LogP contribution < -0.4 is 0 Å². The van der Waals surface area contributed by atoms with E-state index in [0.717, 1.165) is 29.4 Å². The maximum absolute atomic E-state index is 5.42. The highest BCUT2D eigenvalue weighted by Gasteiger charge is 2.25. The van der Waals surface area contributed by atoms with E-state index in [4.69, 9.17) is 12.2 Å². The van der Waals surface area contributed by atoms with Gasteiger partial charge in [-0.3, -0.25) is 0 Å². The molecule has 96 valence electrons. The molecule has 1 heterocycles. The third kappa shape index (κ3) is 2.48. The number of hydrogen-bond donors (Lipinski definition) is 1. The number of aromatic amines is 1. The van der Waals surface area contributed by atoms with Gasteiger partial charge in [-0.2, -0.15) is 0 Å². The number of halogens is 1. The first-order chi connectivity index (χ1) is 8.65. The van der Waals surface area contributed by atoms with Crippen molar-refractivity contribution in [3.63, 3.8) is 0 Å². The highest BCUT2D eigenvalue weighted by molar-refractivity contribution is 14.1. The molecule has 0 bridgehead atoms. The minimum Gasteiger partial charge on any atom is -0.331 e. The number of rotatable bonds is 4. The van der Waals surface area contributed by atoms with Crippen molar-refractivity contribution in [2.75, 3.05) is 13.6 Å². The van der Waals surface area contributed by atoms with Crippen LogP contribution in [0.1, 0.15) is 12.8 Å². The summed E-state index contributed by atoms with van der Waals surface area (Å²) >= 11 is 7.74. The Labute approximate surface area is 125 Å². The number of fused-ring (bicyclic) bond motifs is 1. The summed E-state index contributed by atoms with van der Waals surface area (Å²) in [6, 6.07) is 7.24. The number of aromatic nitrogens is 2. The lowest BCUT2D eigenvalue weighted by Gasteiger charge is -2.16. The van der Waals surface area contributed by atoms with Gasteiger partial charge in [0, 0.05) is 22.7 Å². The van der Waals surface area contributed by atoms with Gasteiger partial charge in [0.05, 0.1) is 11.0 Å². The van der Waals surface area contributed by atoms with Gasteiger partial charge in [0.25, 0.3) is 0 Å². The Bertz CT molecular complexity index is 627. The van der Waals surface area contributed by atoms with E-state index in [1.165, 1.54) is 21.9 Å². The zero-order chi connectivity index (χ0) is 12.7. The molecule has 18 heavy (non-hydrogen) atoms. The van der Waals surface area contributed by atoms with Crippen LogP contribution in [0.2, 0.25) is 0 Å². The molecule has 0 amide bonds. The van der Waals surface area contributed by atoms with Crippen LogP contribution in [0.3, 0.4) is 0 Å². The van der Waals surface area contributed by atoms with Gasteiger partial charge >= 0.3 is 0 Å². The number of nitrogens with zero attached hydrogens (tertiary/aromatic N) is 2. The Kier molecular flexibility index (Phi) is 3.46. The minimum atomic E-state index is 0.810. The average Bonchev–Trinajstić information content (AvgIpc) is 3.11. The Morgan fingerprint density at radius 2 is 2.28 bits per heavy atom. The number of H-pyrrole nitrogens is 1. The number of hydrogen-bond acceptors (Lipinski definition) is 2. The molecule has 1 aliphatic rings. The summed E-state index contributed by atoms with van der Waals surface area (Å²) in [5.74, 6) is 0. The topological polar surface area (TPSA) is 24.0 Å². The maximum Gasteiger partial charge on any atom is 0.178 e. The Morgan fingerprint density at radius 3 is 3.00 bits per heavy atom. The standard InChI is InChI=1S/C13H16IN3S/c1-16(10-3-4-10)6-7-17-12-5-2-9(14)8-11(12)15-13(17)18/h2,5,8,10H,3-4,6-7H2,1H3,(H,15,18). The summed E-state index contributed by atoms with van der Waals surface area (Å²) in [6.45, 7) is 2.03. The normalized spacial score (nSPS) is 15.7. The monoisotopic (exact) mass is 373 g/mol. The van der Waals surface area contributed by atoms with Crippen LogP contribution in [0.4, 0.5) is 0 Å². The summed E-state index contributed by atoms with van der Waals surface area (Å²) in [4.78, 5) is 5.73. The highest BCUT2D eigenvalue weighted by atomic mass is 127. The zero-order valence-corrected chi connectivity index (χ0v) is 13.3. The zero-order valence-electron chi connectivity index (χ0n) is 10.3. The van der Waals surface area contributed by atoms with Crippen molar-refractivity contribution in [3.05, 3.63) is 26.5 Å². The van der Waals surface area contributed by atoms with Crippen molar-refractivity contribution in [2.45, 2.75) is 25.4 Å². The van der Waals surface area contributed by atoms with Crippen molar-refractivity contribution in [3.8, 4) is 0 Å². The van der Waals surface area contributed by atoms with Crippen molar-refractivity contribution < 1.29 is 0 Å². The molecule has 1 aromatic carbocycles. The van der Waals surface area contributed by atoms with Crippen LogP contribution >= 0.6 is 34.8 Å². The van der Waals surface area contributed by atoms with Gasteiger partial charge < -0.3 is 14.5 Å². The third-order valence-electron chi connectivity index (χ3n) is 3.58. The molecule has 1 N–H and O–H groups in total. The number of likely N-dealkylation sites (N-methyl/N-ethyl adjacent to an activating group) is 1. The van der Waals surface area contributed by atoms with E-state index in [2.05, 4.69) is 62.3 Å².